The Morgan fingerprint density at radius 2 is 1.68 bits per heavy atom. The number of carboxylic acid groups (broad SMARTS) is 1. The number of carbonyl (C=O) groups is 2. The van der Waals surface area contributed by atoms with E-state index in [9.17, 15) is 23.5 Å². The summed E-state index contributed by atoms with van der Waals surface area (Å²) in [6, 6.07) is 3.05. The lowest BCUT2D eigenvalue weighted by molar-refractivity contribution is -0.152. The molecule has 0 unspecified atom stereocenters. The van der Waals surface area contributed by atoms with E-state index in [1.165, 1.54) is 4.90 Å². The van der Waals surface area contributed by atoms with E-state index < -0.39 is 34.7 Å². The second-order valence-corrected chi connectivity index (χ2v) is 7.51. The zero-order chi connectivity index (χ0) is 18.8. The van der Waals surface area contributed by atoms with Gasteiger partial charge in [0.15, 0.2) is 0 Å². The highest BCUT2D eigenvalue weighted by Crippen LogP contribution is 2.36. The van der Waals surface area contributed by atoms with Crippen LogP contribution < -0.4 is 0 Å². The number of ether oxygens (including phenoxy) is 1. The molecule has 0 bridgehead atoms. The molecule has 7 heteroatoms. The van der Waals surface area contributed by atoms with Gasteiger partial charge in [0.1, 0.15) is 17.2 Å². The number of aliphatic carboxylic acids is 1. The number of carbonyl (C=O) groups excluding carboxylic acids is 1. The van der Waals surface area contributed by atoms with Gasteiger partial charge in [-0.3, -0.25) is 4.79 Å². The maximum Gasteiger partial charge on any atom is 0.410 e. The van der Waals surface area contributed by atoms with Crippen LogP contribution in [0.25, 0.3) is 0 Å². The molecule has 0 atom stereocenters. The van der Waals surface area contributed by atoms with Gasteiger partial charge >= 0.3 is 12.1 Å². The summed E-state index contributed by atoms with van der Waals surface area (Å²) in [4.78, 5) is 25.4. The van der Waals surface area contributed by atoms with Gasteiger partial charge in [0.05, 0.1) is 5.41 Å². The molecule has 0 spiro atoms. The van der Waals surface area contributed by atoms with Gasteiger partial charge in [0.2, 0.25) is 0 Å². The lowest BCUT2D eigenvalue weighted by Crippen LogP contribution is -2.48. The average molecular weight is 355 g/mol. The van der Waals surface area contributed by atoms with Crippen molar-refractivity contribution in [1.82, 2.24) is 4.90 Å². The number of benzene rings is 1. The van der Waals surface area contributed by atoms with Crippen molar-refractivity contribution in [3.05, 3.63) is 35.4 Å². The van der Waals surface area contributed by atoms with Crippen molar-refractivity contribution < 1.29 is 28.2 Å². The monoisotopic (exact) mass is 355 g/mol. The molecule has 5 nitrogen and oxygen atoms in total. The summed E-state index contributed by atoms with van der Waals surface area (Å²) in [6.45, 7) is 5.72. The first-order valence-electron chi connectivity index (χ1n) is 8.17. The number of piperidine rings is 1. The Balaban J connectivity index is 2.10. The minimum atomic E-state index is -1.15. The molecule has 2 rings (SSSR count). The quantitative estimate of drug-likeness (QED) is 0.899. The lowest BCUT2D eigenvalue weighted by atomic mass is 9.74. The first-order valence-corrected chi connectivity index (χ1v) is 8.17. The number of hydrogen-bond acceptors (Lipinski definition) is 3. The predicted molar refractivity (Wildman–Crippen MR) is 87.2 cm³/mol. The van der Waals surface area contributed by atoms with Crippen LogP contribution in [0.1, 0.15) is 39.2 Å². The van der Waals surface area contributed by atoms with Crippen molar-refractivity contribution >= 4 is 12.1 Å². The predicted octanol–water partition coefficient (Wildman–Crippen LogP) is 3.61. The van der Waals surface area contributed by atoms with Gasteiger partial charge in [0.25, 0.3) is 0 Å². The summed E-state index contributed by atoms with van der Waals surface area (Å²) in [5.74, 6) is -2.50. The third kappa shape index (κ3) is 4.90. The second-order valence-electron chi connectivity index (χ2n) is 7.51. The van der Waals surface area contributed by atoms with Crippen LogP contribution in [0, 0.1) is 17.0 Å². The topological polar surface area (TPSA) is 66.8 Å². The fourth-order valence-corrected chi connectivity index (χ4v) is 3.01. The van der Waals surface area contributed by atoms with Crippen molar-refractivity contribution in [3.8, 4) is 0 Å². The minimum Gasteiger partial charge on any atom is -0.481 e. The molecule has 1 N–H and O–H groups in total. The van der Waals surface area contributed by atoms with Crippen LogP contribution in [-0.4, -0.2) is 40.8 Å². The van der Waals surface area contributed by atoms with Crippen molar-refractivity contribution in [1.29, 1.82) is 0 Å². The number of amides is 1. The van der Waals surface area contributed by atoms with E-state index >= 15 is 0 Å². The van der Waals surface area contributed by atoms with Crippen LogP contribution in [0.15, 0.2) is 18.2 Å². The molecule has 1 aromatic rings. The molecule has 0 aliphatic carbocycles. The molecule has 1 aliphatic rings. The Morgan fingerprint density at radius 3 is 2.12 bits per heavy atom. The number of halogens is 2. The SMILES string of the molecule is CC(C)(C)OC(=O)N1CCC(Cc2cc(F)cc(F)c2)(C(=O)O)CC1. The van der Waals surface area contributed by atoms with Crippen LogP contribution in [-0.2, 0) is 16.0 Å². The Kier molecular flexibility index (Phi) is 5.34. The van der Waals surface area contributed by atoms with Crippen molar-refractivity contribution in [2.75, 3.05) is 13.1 Å². The molecule has 0 radical (unpaired) electrons. The molecule has 0 saturated carbocycles. The van der Waals surface area contributed by atoms with E-state index in [1.807, 2.05) is 0 Å². The Hall–Kier alpha value is -2.18. The molecular weight excluding hydrogens is 332 g/mol. The smallest absolute Gasteiger partial charge is 0.410 e. The third-order valence-electron chi connectivity index (χ3n) is 4.29. The van der Waals surface area contributed by atoms with E-state index in [0.717, 1.165) is 18.2 Å². The molecule has 1 fully saturated rings. The number of hydrogen-bond donors (Lipinski definition) is 1. The van der Waals surface area contributed by atoms with Crippen LogP contribution in [0.3, 0.4) is 0 Å². The molecule has 1 amide bonds. The summed E-state index contributed by atoms with van der Waals surface area (Å²) in [7, 11) is 0. The van der Waals surface area contributed by atoms with Crippen LogP contribution in [0.5, 0.6) is 0 Å². The summed E-state index contributed by atoms with van der Waals surface area (Å²) in [6.07, 6.45) is -0.0817. The molecule has 1 aliphatic heterocycles. The van der Waals surface area contributed by atoms with Gasteiger partial charge in [-0.15, -0.1) is 0 Å². The number of carboxylic acids is 1. The van der Waals surface area contributed by atoms with Gasteiger partial charge in [-0.1, -0.05) is 0 Å². The number of likely N-dealkylation sites (tertiary alicyclic amines) is 1. The van der Waals surface area contributed by atoms with Gasteiger partial charge in [-0.25, -0.2) is 13.6 Å². The molecule has 138 valence electrons. The highest BCUT2D eigenvalue weighted by atomic mass is 19.1. The van der Waals surface area contributed by atoms with E-state index in [4.69, 9.17) is 4.74 Å². The van der Waals surface area contributed by atoms with Gasteiger partial charge < -0.3 is 14.7 Å². The average Bonchev–Trinajstić information content (AvgIpc) is 2.44. The maximum atomic E-state index is 13.4. The highest BCUT2D eigenvalue weighted by molar-refractivity contribution is 5.76. The van der Waals surface area contributed by atoms with Crippen LogP contribution >= 0.6 is 0 Å². The fraction of sp³-hybridized carbons (Fsp3) is 0.556. The zero-order valence-corrected chi connectivity index (χ0v) is 14.6. The zero-order valence-electron chi connectivity index (χ0n) is 14.6. The summed E-state index contributed by atoms with van der Waals surface area (Å²) in [5, 5.41) is 9.68. The van der Waals surface area contributed by atoms with E-state index in [2.05, 4.69) is 0 Å². The highest BCUT2D eigenvalue weighted by Gasteiger charge is 2.43. The lowest BCUT2D eigenvalue weighted by Gasteiger charge is -2.39. The van der Waals surface area contributed by atoms with E-state index in [-0.39, 0.29) is 32.4 Å². The minimum absolute atomic E-state index is 0.0131. The summed E-state index contributed by atoms with van der Waals surface area (Å²) >= 11 is 0. The molecule has 1 heterocycles. The molecule has 25 heavy (non-hydrogen) atoms. The van der Waals surface area contributed by atoms with Crippen molar-refractivity contribution in [2.24, 2.45) is 5.41 Å². The van der Waals surface area contributed by atoms with Crippen LogP contribution in [0.2, 0.25) is 0 Å². The maximum absolute atomic E-state index is 13.4. The first kappa shape index (κ1) is 19.1. The fourth-order valence-electron chi connectivity index (χ4n) is 3.01. The first-order chi connectivity index (χ1) is 11.5. The molecule has 0 aromatic heterocycles. The number of nitrogens with zero attached hydrogens (tertiary/aromatic N) is 1. The Bertz CT molecular complexity index is 641. The largest absolute Gasteiger partial charge is 0.481 e. The molecule has 1 saturated heterocycles. The Labute approximate surface area is 145 Å². The van der Waals surface area contributed by atoms with Gasteiger partial charge in [0, 0.05) is 19.2 Å². The van der Waals surface area contributed by atoms with E-state index in [1.54, 1.807) is 20.8 Å². The van der Waals surface area contributed by atoms with Crippen molar-refractivity contribution in [3.63, 3.8) is 0 Å². The molecular formula is C18H23F2NO4. The number of rotatable bonds is 3. The summed E-state index contributed by atoms with van der Waals surface area (Å²) < 4.78 is 32.0. The second kappa shape index (κ2) is 6.98. The Morgan fingerprint density at radius 1 is 1.16 bits per heavy atom. The summed E-state index contributed by atoms with van der Waals surface area (Å²) in [5.41, 5.74) is -1.48. The van der Waals surface area contributed by atoms with Gasteiger partial charge in [-0.2, -0.15) is 0 Å². The van der Waals surface area contributed by atoms with Gasteiger partial charge in [-0.05, 0) is 57.7 Å². The van der Waals surface area contributed by atoms with Crippen LogP contribution in [0.4, 0.5) is 13.6 Å². The van der Waals surface area contributed by atoms with E-state index in [0.29, 0.717) is 5.56 Å². The third-order valence-corrected chi connectivity index (χ3v) is 4.29. The normalized spacial score (nSPS) is 17.2. The van der Waals surface area contributed by atoms with Crippen molar-refractivity contribution in [2.45, 2.75) is 45.6 Å². The molecule has 1 aromatic carbocycles. The standard InChI is InChI=1S/C18H23F2NO4/c1-17(2,3)25-16(24)21-6-4-18(5-7-21,15(22)23)11-12-8-13(19)10-14(20)9-12/h8-10H,4-7,11H2,1-3H3,(H,22,23).